The molecule has 0 aliphatic heterocycles. The van der Waals surface area contributed by atoms with E-state index in [9.17, 15) is 18.3 Å². The van der Waals surface area contributed by atoms with Gasteiger partial charge < -0.3 is 9.94 Å². The lowest BCUT2D eigenvalue weighted by Gasteiger charge is -2.09. The van der Waals surface area contributed by atoms with E-state index in [-0.39, 0.29) is 27.3 Å². The van der Waals surface area contributed by atoms with Crippen LogP contribution in [0, 0.1) is 0 Å². The van der Waals surface area contributed by atoms with Gasteiger partial charge in [0.1, 0.15) is 6.10 Å². The first kappa shape index (κ1) is 16.8. The summed E-state index contributed by atoms with van der Waals surface area (Å²) >= 11 is 5.92. The molecule has 0 atom stereocenters. The molecule has 0 amide bonds. The van der Waals surface area contributed by atoms with Crippen LogP contribution in [-0.2, 0) is 19.5 Å². The van der Waals surface area contributed by atoms with Gasteiger partial charge in [0.15, 0.2) is 15.5 Å². The number of nitrogens with zero attached hydrogens (tertiary/aromatic N) is 1. The number of carbonyl (C=O) groups is 1. The second-order valence-electron chi connectivity index (χ2n) is 5.17. The normalized spacial score (nSPS) is 16.7. The van der Waals surface area contributed by atoms with E-state index in [2.05, 4.69) is 5.16 Å². The maximum absolute atomic E-state index is 11.5. The van der Waals surface area contributed by atoms with Crippen LogP contribution in [0.15, 0.2) is 28.3 Å². The van der Waals surface area contributed by atoms with E-state index >= 15 is 0 Å². The number of rotatable bonds is 5. The van der Waals surface area contributed by atoms with Crippen LogP contribution in [0.5, 0.6) is 0 Å². The fourth-order valence-corrected chi connectivity index (χ4v) is 3.61. The van der Waals surface area contributed by atoms with Crippen molar-refractivity contribution >= 4 is 33.1 Å². The van der Waals surface area contributed by atoms with Crippen molar-refractivity contribution in [2.75, 3.05) is 6.26 Å². The third-order valence-corrected chi connectivity index (χ3v) is 4.98. The van der Waals surface area contributed by atoms with Crippen LogP contribution in [0.2, 0.25) is 5.02 Å². The van der Waals surface area contributed by atoms with Gasteiger partial charge in [-0.25, -0.2) is 13.2 Å². The quantitative estimate of drug-likeness (QED) is 0.653. The number of halogens is 1. The topological polar surface area (TPSA) is 93.0 Å². The number of sulfone groups is 1. The van der Waals surface area contributed by atoms with E-state index in [0.717, 1.165) is 31.9 Å². The second kappa shape index (κ2) is 6.66. The van der Waals surface area contributed by atoms with Gasteiger partial charge in [-0.1, -0.05) is 22.8 Å². The van der Waals surface area contributed by atoms with E-state index in [1.807, 2.05) is 0 Å². The average molecular weight is 346 g/mol. The summed E-state index contributed by atoms with van der Waals surface area (Å²) in [5, 5.41) is 12.9. The van der Waals surface area contributed by atoms with Crippen LogP contribution in [0.1, 0.15) is 31.2 Å². The van der Waals surface area contributed by atoms with Crippen LogP contribution in [0.4, 0.5) is 0 Å². The van der Waals surface area contributed by atoms with Gasteiger partial charge in [0.25, 0.3) is 0 Å². The first-order valence-corrected chi connectivity index (χ1v) is 9.03. The third kappa shape index (κ3) is 3.98. The summed E-state index contributed by atoms with van der Waals surface area (Å²) in [6, 6.07) is 3.89. The molecule has 1 aliphatic rings. The molecular weight excluding hydrogens is 330 g/mol. The van der Waals surface area contributed by atoms with Crippen molar-refractivity contribution in [1.82, 2.24) is 0 Å². The SMILES string of the molecule is CS(=O)(=O)c1ccc(C(=NOC2CCCC2)C(=O)O)cc1Cl. The summed E-state index contributed by atoms with van der Waals surface area (Å²) in [6.07, 6.45) is 4.74. The molecule has 6 nitrogen and oxygen atoms in total. The smallest absolute Gasteiger partial charge is 0.358 e. The molecule has 1 saturated carbocycles. The number of oxime groups is 1. The third-order valence-electron chi connectivity index (χ3n) is 3.40. The molecule has 1 N–H and O–H groups in total. The van der Waals surface area contributed by atoms with E-state index < -0.39 is 15.8 Å². The highest BCUT2D eigenvalue weighted by Crippen LogP contribution is 2.24. The summed E-state index contributed by atoms with van der Waals surface area (Å²) in [6.45, 7) is 0. The zero-order chi connectivity index (χ0) is 16.3. The molecule has 2 rings (SSSR count). The predicted molar refractivity (Wildman–Crippen MR) is 82.1 cm³/mol. The Labute approximate surface area is 133 Å². The van der Waals surface area contributed by atoms with Gasteiger partial charge in [0.2, 0.25) is 0 Å². The standard InChI is InChI=1S/C14H16ClNO5S/c1-22(19,20)12-7-6-9(8-11(12)15)13(14(17)18)16-21-10-4-2-3-5-10/h6-8,10H,2-5H2,1H3,(H,17,18). The minimum Gasteiger partial charge on any atom is -0.476 e. The Bertz CT molecular complexity index is 708. The van der Waals surface area contributed by atoms with E-state index in [0.29, 0.717) is 0 Å². The van der Waals surface area contributed by atoms with Crippen LogP contribution in [-0.4, -0.2) is 37.6 Å². The lowest BCUT2D eigenvalue weighted by Crippen LogP contribution is -2.17. The Morgan fingerprint density at radius 1 is 1.36 bits per heavy atom. The highest BCUT2D eigenvalue weighted by molar-refractivity contribution is 7.90. The molecule has 0 aromatic heterocycles. The van der Waals surface area contributed by atoms with Gasteiger partial charge in [-0.05, 0) is 37.8 Å². The highest BCUT2D eigenvalue weighted by Gasteiger charge is 2.21. The van der Waals surface area contributed by atoms with Crippen molar-refractivity contribution in [3.8, 4) is 0 Å². The van der Waals surface area contributed by atoms with Gasteiger partial charge in [0.05, 0.1) is 9.92 Å². The van der Waals surface area contributed by atoms with Crippen molar-refractivity contribution in [1.29, 1.82) is 0 Å². The summed E-state index contributed by atoms with van der Waals surface area (Å²) in [7, 11) is -3.47. The summed E-state index contributed by atoms with van der Waals surface area (Å²) in [5.74, 6) is -1.26. The number of aliphatic carboxylic acids is 1. The summed E-state index contributed by atoms with van der Waals surface area (Å²) < 4.78 is 23.0. The zero-order valence-electron chi connectivity index (χ0n) is 12.0. The van der Waals surface area contributed by atoms with Gasteiger partial charge in [-0.3, -0.25) is 0 Å². The van der Waals surface area contributed by atoms with Crippen LogP contribution in [0.25, 0.3) is 0 Å². The first-order chi connectivity index (χ1) is 10.3. The van der Waals surface area contributed by atoms with Gasteiger partial charge >= 0.3 is 5.97 Å². The Hall–Kier alpha value is -1.60. The Kier molecular flexibility index (Phi) is 5.08. The molecule has 0 saturated heterocycles. The lowest BCUT2D eigenvalue weighted by molar-refractivity contribution is -0.129. The Morgan fingerprint density at radius 2 is 2.00 bits per heavy atom. The monoisotopic (exact) mass is 345 g/mol. The van der Waals surface area contributed by atoms with Gasteiger partial charge in [-0.2, -0.15) is 0 Å². The maximum atomic E-state index is 11.5. The van der Waals surface area contributed by atoms with Gasteiger partial charge in [-0.15, -0.1) is 0 Å². The lowest BCUT2D eigenvalue weighted by atomic mass is 10.1. The van der Waals surface area contributed by atoms with Crippen molar-refractivity contribution in [3.05, 3.63) is 28.8 Å². The molecule has 1 aromatic rings. The van der Waals surface area contributed by atoms with Crippen molar-refractivity contribution in [3.63, 3.8) is 0 Å². The zero-order valence-corrected chi connectivity index (χ0v) is 13.5. The molecule has 0 radical (unpaired) electrons. The predicted octanol–water partition coefficient (Wildman–Crippen LogP) is 2.49. The maximum Gasteiger partial charge on any atom is 0.358 e. The van der Waals surface area contributed by atoms with Gasteiger partial charge in [0, 0.05) is 11.8 Å². The van der Waals surface area contributed by atoms with Crippen molar-refractivity contribution in [2.45, 2.75) is 36.7 Å². The van der Waals surface area contributed by atoms with Crippen LogP contribution >= 0.6 is 11.6 Å². The largest absolute Gasteiger partial charge is 0.476 e. The van der Waals surface area contributed by atoms with Crippen LogP contribution in [0.3, 0.4) is 0 Å². The second-order valence-corrected chi connectivity index (χ2v) is 7.57. The summed E-state index contributed by atoms with van der Waals surface area (Å²) in [4.78, 5) is 16.5. The van der Waals surface area contributed by atoms with E-state index in [4.69, 9.17) is 16.4 Å². The molecule has 22 heavy (non-hydrogen) atoms. The van der Waals surface area contributed by atoms with Crippen molar-refractivity contribution < 1.29 is 23.2 Å². The molecule has 1 aliphatic carbocycles. The Morgan fingerprint density at radius 3 is 2.50 bits per heavy atom. The fraction of sp³-hybridized carbons (Fsp3) is 0.429. The Balaban J connectivity index is 2.31. The minimum absolute atomic E-state index is 0.0465. The number of hydrogen-bond donors (Lipinski definition) is 1. The molecule has 0 unspecified atom stereocenters. The molecule has 1 aromatic carbocycles. The minimum atomic E-state index is -3.47. The molecule has 0 bridgehead atoms. The molecule has 1 fully saturated rings. The summed E-state index contributed by atoms with van der Waals surface area (Å²) in [5.41, 5.74) is -0.100. The fourth-order valence-electron chi connectivity index (χ4n) is 2.29. The number of carboxylic acid groups (broad SMARTS) is 1. The molecular formula is C14H16ClNO5S. The average Bonchev–Trinajstić information content (AvgIpc) is 2.90. The molecule has 0 heterocycles. The number of hydrogen-bond acceptors (Lipinski definition) is 5. The number of benzene rings is 1. The van der Waals surface area contributed by atoms with E-state index in [1.54, 1.807) is 0 Å². The van der Waals surface area contributed by atoms with E-state index in [1.165, 1.54) is 18.2 Å². The first-order valence-electron chi connectivity index (χ1n) is 6.76. The number of carboxylic acids is 1. The van der Waals surface area contributed by atoms with Crippen LogP contribution < -0.4 is 0 Å². The molecule has 0 spiro atoms. The highest BCUT2D eigenvalue weighted by atomic mass is 35.5. The molecule has 120 valence electrons. The molecule has 8 heteroatoms. The van der Waals surface area contributed by atoms with Crippen molar-refractivity contribution in [2.24, 2.45) is 5.16 Å².